The maximum atomic E-state index is 12.5. The summed E-state index contributed by atoms with van der Waals surface area (Å²) in [4.78, 5) is 12.5. The van der Waals surface area contributed by atoms with E-state index in [4.69, 9.17) is 16.3 Å². The van der Waals surface area contributed by atoms with Gasteiger partial charge in [0.15, 0.2) is 11.0 Å². The van der Waals surface area contributed by atoms with Crippen LogP contribution in [0.3, 0.4) is 0 Å². The highest BCUT2D eigenvalue weighted by molar-refractivity contribution is 7.99. The number of hydrogen-bond donors (Lipinski definition) is 1. The number of aromatic nitrogens is 3. The Labute approximate surface area is 212 Å². The number of nitrogens with zero attached hydrogens (tertiary/aromatic N) is 5. The second kappa shape index (κ2) is 12.1. The molecule has 0 aliphatic carbocycles. The Morgan fingerprint density at radius 3 is 2.37 bits per heavy atom. The lowest BCUT2D eigenvalue weighted by molar-refractivity contribution is -0.113. The van der Waals surface area contributed by atoms with E-state index in [1.807, 2.05) is 54.0 Å². The van der Waals surface area contributed by atoms with Crippen molar-refractivity contribution in [3.8, 4) is 5.75 Å². The standard InChI is InChI=1S/C25H23ClN6O2S/c1-2-32-23(16-34-22-11-7-6-10-21(22)26)30-31-25(32)35-17-24(33)27-18-12-14-20(15-13-18)29-28-19-8-4-3-5-9-19/h3-15H,2,16-17H2,1H3,(H,27,33). The van der Waals surface area contributed by atoms with Gasteiger partial charge >= 0.3 is 0 Å². The zero-order valence-corrected chi connectivity index (χ0v) is 20.5. The molecule has 0 saturated carbocycles. The molecule has 0 bridgehead atoms. The number of carbonyl (C=O) groups excluding carboxylic acids is 1. The molecular weight excluding hydrogens is 484 g/mol. The van der Waals surface area contributed by atoms with Gasteiger partial charge in [-0.15, -0.1) is 10.2 Å². The molecule has 0 fully saturated rings. The first kappa shape index (κ1) is 24.4. The number of halogens is 1. The molecule has 0 spiro atoms. The summed E-state index contributed by atoms with van der Waals surface area (Å²) in [5.74, 6) is 1.30. The Kier molecular flexibility index (Phi) is 8.48. The van der Waals surface area contributed by atoms with Gasteiger partial charge in [-0.3, -0.25) is 4.79 Å². The number of amides is 1. The van der Waals surface area contributed by atoms with Crippen molar-refractivity contribution in [1.29, 1.82) is 0 Å². The van der Waals surface area contributed by atoms with Gasteiger partial charge in [-0.25, -0.2) is 0 Å². The first-order valence-corrected chi connectivity index (χ1v) is 12.3. The summed E-state index contributed by atoms with van der Waals surface area (Å²) in [7, 11) is 0. The van der Waals surface area contributed by atoms with Crippen molar-refractivity contribution in [3.63, 3.8) is 0 Å². The van der Waals surface area contributed by atoms with Crippen LogP contribution in [-0.2, 0) is 17.9 Å². The molecule has 0 radical (unpaired) electrons. The Morgan fingerprint density at radius 1 is 0.971 bits per heavy atom. The Bertz CT molecular complexity index is 1300. The number of ether oxygens (including phenoxy) is 1. The summed E-state index contributed by atoms with van der Waals surface area (Å²) in [6.07, 6.45) is 0. The Hall–Kier alpha value is -3.69. The number of rotatable bonds is 10. The minimum atomic E-state index is -0.145. The maximum Gasteiger partial charge on any atom is 0.234 e. The predicted molar refractivity (Wildman–Crippen MR) is 138 cm³/mol. The number of carbonyl (C=O) groups is 1. The Morgan fingerprint density at radius 2 is 1.66 bits per heavy atom. The van der Waals surface area contributed by atoms with Crippen molar-refractivity contribution >= 4 is 46.3 Å². The number of benzene rings is 3. The highest BCUT2D eigenvalue weighted by atomic mass is 35.5. The summed E-state index contributed by atoms with van der Waals surface area (Å²) < 4.78 is 7.70. The lowest BCUT2D eigenvalue weighted by Gasteiger charge is -2.10. The van der Waals surface area contributed by atoms with Crippen LogP contribution in [0.5, 0.6) is 5.75 Å². The van der Waals surface area contributed by atoms with Gasteiger partial charge in [0.05, 0.1) is 22.2 Å². The highest BCUT2D eigenvalue weighted by Gasteiger charge is 2.14. The second-order valence-corrected chi connectivity index (χ2v) is 8.63. The van der Waals surface area contributed by atoms with Gasteiger partial charge in [0.1, 0.15) is 12.4 Å². The van der Waals surface area contributed by atoms with Crippen molar-refractivity contribution in [2.75, 3.05) is 11.1 Å². The molecule has 178 valence electrons. The quantitative estimate of drug-likeness (QED) is 0.191. The van der Waals surface area contributed by atoms with Crippen LogP contribution < -0.4 is 10.1 Å². The van der Waals surface area contributed by atoms with Crippen molar-refractivity contribution in [1.82, 2.24) is 14.8 Å². The van der Waals surface area contributed by atoms with E-state index in [1.165, 1.54) is 11.8 Å². The number of hydrogen-bond acceptors (Lipinski definition) is 7. The fourth-order valence-electron chi connectivity index (χ4n) is 3.10. The molecule has 1 amide bonds. The molecule has 1 heterocycles. The lowest BCUT2D eigenvalue weighted by Crippen LogP contribution is -2.14. The molecule has 35 heavy (non-hydrogen) atoms. The van der Waals surface area contributed by atoms with Crippen LogP contribution in [0.25, 0.3) is 0 Å². The number of azo groups is 1. The monoisotopic (exact) mass is 506 g/mol. The van der Waals surface area contributed by atoms with Crippen molar-refractivity contribution in [2.24, 2.45) is 10.2 Å². The zero-order valence-electron chi connectivity index (χ0n) is 19.0. The normalized spacial score (nSPS) is 11.0. The first-order chi connectivity index (χ1) is 17.1. The van der Waals surface area contributed by atoms with Gasteiger partial charge in [-0.05, 0) is 55.5 Å². The van der Waals surface area contributed by atoms with E-state index in [9.17, 15) is 4.79 Å². The smallest absolute Gasteiger partial charge is 0.234 e. The third kappa shape index (κ3) is 6.91. The van der Waals surface area contributed by atoms with Crippen LogP contribution in [0.1, 0.15) is 12.7 Å². The van der Waals surface area contributed by atoms with Crippen LogP contribution in [0, 0.1) is 0 Å². The van der Waals surface area contributed by atoms with E-state index in [0.29, 0.717) is 39.7 Å². The molecule has 4 rings (SSSR count). The molecule has 3 aromatic carbocycles. The van der Waals surface area contributed by atoms with E-state index in [0.717, 1.165) is 5.69 Å². The van der Waals surface area contributed by atoms with Gasteiger partial charge in [0, 0.05) is 12.2 Å². The van der Waals surface area contributed by atoms with Gasteiger partial charge in [0.2, 0.25) is 5.91 Å². The van der Waals surface area contributed by atoms with Gasteiger partial charge in [0.25, 0.3) is 0 Å². The van der Waals surface area contributed by atoms with Crippen LogP contribution in [0.2, 0.25) is 5.02 Å². The fourth-order valence-corrected chi connectivity index (χ4v) is 4.11. The number of thioether (sulfide) groups is 1. The summed E-state index contributed by atoms with van der Waals surface area (Å²) in [6, 6.07) is 23.9. The summed E-state index contributed by atoms with van der Waals surface area (Å²) >= 11 is 7.46. The molecule has 8 nitrogen and oxygen atoms in total. The summed E-state index contributed by atoms with van der Waals surface area (Å²) in [5, 5.41) is 20.9. The number of anilines is 1. The van der Waals surface area contributed by atoms with Crippen molar-refractivity contribution in [2.45, 2.75) is 25.2 Å². The molecule has 1 aromatic heterocycles. The second-order valence-electron chi connectivity index (χ2n) is 7.28. The van der Waals surface area contributed by atoms with E-state index >= 15 is 0 Å². The van der Waals surface area contributed by atoms with Crippen molar-refractivity contribution in [3.05, 3.63) is 89.7 Å². The molecule has 1 N–H and O–H groups in total. The Balaban J connectivity index is 1.29. The van der Waals surface area contributed by atoms with Gasteiger partial charge in [-0.2, -0.15) is 10.2 Å². The van der Waals surface area contributed by atoms with Crippen molar-refractivity contribution < 1.29 is 9.53 Å². The third-order valence-electron chi connectivity index (χ3n) is 4.82. The van der Waals surface area contributed by atoms with E-state index in [2.05, 4.69) is 25.7 Å². The molecule has 4 aromatic rings. The topological polar surface area (TPSA) is 93.8 Å². The van der Waals surface area contributed by atoms with Crippen LogP contribution in [-0.4, -0.2) is 26.4 Å². The maximum absolute atomic E-state index is 12.5. The molecule has 0 aliphatic rings. The molecule has 0 saturated heterocycles. The predicted octanol–water partition coefficient (Wildman–Crippen LogP) is 6.68. The molecule has 0 aliphatic heterocycles. The molecule has 0 unspecified atom stereocenters. The highest BCUT2D eigenvalue weighted by Crippen LogP contribution is 2.25. The molecule has 0 atom stereocenters. The fraction of sp³-hybridized carbons (Fsp3) is 0.160. The average Bonchev–Trinajstić information content (AvgIpc) is 3.29. The zero-order chi connectivity index (χ0) is 24.5. The van der Waals surface area contributed by atoms with E-state index in [1.54, 1.807) is 36.4 Å². The van der Waals surface area contributed by atoms with E-state index < -0.39 is 0 Å². The molecule has 10 heteroatoms. The number of nitrogens with one attached hydrogen (secondary N) is 1. The number of para-hydroxylation sites is 1. The third-order valence-corrected chi connectivity index (χ3v) is 6.10. The largest absolute Gasteiger partial charge is 0.484 e. The van der Waals surface area contributed by atoms with Gasteiger partial charge in [-0.1, -0.05) is 53.7 Å². The summed E-state index contributed by atoms with van der Waals surface area (Å²) in [6.45, 7) is 2.87. The lowest BCUT2D eigenvalue weighted by atomic mass is 10.3. The average molecular weight is 507 g/mol. The van der Waals surface area contributed by atoms with Crippen LogP contribution in [0.4, 0.5) is 17.1 Å². The van der Waals surface area contributed by atoms with Crippen LogP contribution in [0.15, 0.2) is 94.2 Å². The van der Waals surface area contributed by atoms with E-state index in [-0.39, 0.29) is 18.3 Å². The minimum absolute atomic E-state index is 0.145. The SMILES string of the molecule is CCn1c(COc2ccccc2Cl)nnc1SCC(=O)Nc1ccc(N=Nc2ccccc2)cc1. The van der Waals surface area contributed by atoms with Crippen LogP contribution >= 0.6 is 23.4 Å². The minimum Gasteiger partial charge on any atom is -0.484 e. The summed E-state index contributed by atoms with van der Waals surface area (Å²) in [5.41, 5.74) is 2.16. The molecular formula is C25H23ClN6O2S. The van der Waals surface area contributed by atoms with Gasteiger partial charge < -0.3 is 14.6 Å². The first-order valence-electron chi connectivity index (χ1n) is 10.9.